The highest BCUT2D eigenvalue weighted by molar-refractivity contribution is 6.30. The monoisotopic (exact) mass is 521 g/mol. The van der Waals surface area contributed by atoms with Crippen molar-refractivity contribution in [1.29, 1.82) is 0 Å². The molecule has 37 heavy (non-hydrogen) atoms. The van der Waals surface area contributed by atoms with E-state index in [0.717, 1.165) is 59.8 Å². The lowest BCUT2D eigenvalue weighted by Crippen LogP contribution is -2.48. The SMILES string of the molecule is COCCn1nnnc1[C@@H](c1cc2cc(C)cc(C)c2[nH]c1=O)N1CCN(Cc2ccc(Cl)cc2)CC1. The molecular weight excluding hydrogens is 490 g/mol. The molecule has 1 saturated heterocycles. The number of H-pyrrole nitrogens is 1. The zero-order valence-electron chi connectivity index (χ0n) is 21.4. The van der Waals surface area contributed by atoms with Crippen molar-refractivity contribution in [3.63, 3.8) is 0 Å². The van der Waals surface area contributed by atoms with E-state index in [0.29, 0.717) is 24.5 Å². The highest BCUT2D eigenvalue weighted by atomic mass is 35.5. The summed E-state index contributed by atoms with van der Waals surface area (Å²) in [6.07, 6.45) is 0. The molecule has 2 aromatic carbocycles. The first-order valence-electron chi connectivity index (χ1n) is 12.5. The minimum Gasteiger partial charge on any atom is -0.383 e. The normalized spacial score (nSPS) is 15.9. The van der Waals surface area contributed by atoms with E-state index in [2.05, 4.69) is 61.5 Å². The van der Waals surface area contributed by atoms with Crippen LogP contribution in [0.2, 0.25) is 5.02 Å². The van der Waals surface area contributed by atoms with Crippen LogP contribution < -0.4 is 5.56 Å². The van der Waals surface area contributed by atoms with Crippen LogP contribution >= 0.6 is 11.6 Å². The molecule has 1 aliphatic rings. The first kappa shape index (κ1) is 25.5. The van der Waals surface area contributed by atoms with Crippen LogP contribution in [0.5, 0.6) is 0 Å². The largest absolute Gasteiger partial charge is 0.383 e. The summed E-state index contributed by atoms with van der Waals surface area (Å²) in [5, 5.41) is 14.3. The first-order valence-corrected chi connectivity index (χ1v) is 12.9. The van der Waals surface area contributed by atoms with Crippen molar-refractivity contribution < 1.29 is 4.74 Å². The van der Waals surface area contributed by atoms with Gasteiger partial charge >= 0.3 is 0 Å². The molecule has 0 saturated carbocycles. The summed E-state index contributed by atoms with van der Waals surface area (Å²) >= 11 is 6.05. The van der Waals surface area contributed by atoms with Crippen molar-refractivity contribution >= 4 is 22.5 Å². The predicted octanol–water partition coefficient (Wildman–Crippen LogP) is 3.34. The van der Waals surface area contributed by atoms with Crippen molar-refractivity contribution in [2.24, 2.45) is 0 Å². The highest BCUT2D eigenvalue weighted by Crippen LogP contribution is 2.29. The molecule has 0 aliphatic carbocycles. The Labute approximate surface area is 221 Å². The van der Waals surface area contributed by atoms with Crippen molar-refractivity contribution in [1.82, 2.24) is 35.0 Å². The van der Waals surface area contributed by atoms with Crippen LogP contribution in [0.3, 0.4) is 0 Å². The average Bonchev–Trinajstić information content (AvgIpc) is 3.34. The van der Waals surface area contributed by atoms with E-state index >= 15 is 0 Å². The Morgan fingerprint density at radius 2 is 1.84 bits per heavy atom. The number of aromatic amines is 1. The molecular formula is C27H32ClN7O2. The van der Waals surface area contributed by atoms with Gasteiger partial charge in [-0.3, -0.25) is 14.6 Å². The number of aryl methyl sites for hydroxylation is 2. The smallest absolute Gasteiger partial charge is 0.253 e. The van der Waals surface area contributed by atoms with Gasteiger partial charge in [-0.1, -0.05) is 35.4 Å². The van der Waals surface area contributed by atoms with Crippen LogP contribution in [0.1, 0.15) is 34.1 Å². The average molecular weight is 522 g/mol. The second-order valence-electron chi connectivity index (χ2n) is 9.69. The second-order valence-corrected chi connectivity index (χ2v) is 10.1. The summed E-state index contributed by atoms with van der Waals surface area (Å²) < 4.78 is 7.02. The van der Waals surface area contributed by atoms with Gasteiger partial charge in [-0.2, -0.15) is 0 Å². The number of tetrazole rings is 1. The number of pyridine rings is 1. The maximum atomic E-state index is 13.5. The number of hydrogen-bond donors (Lipinski definition) is 1. The van der Waals surface area contributed by atoms with Crippen LogP contribution in [0.25, 0.3) is 10.9 Å². The molecule has 1 atom stereocenters. The van der Waals surface area contributed by atoms with Crippen molar-refractivity contribution in [3.8, 4) is 0 Å². The topological polar surface area (TPSA) is 92.2 Å². The fourth-order valence-corrected chi connectivity index (χ4v) is 5.30. The zero-order chi connectivity index (χ0) is 25.9. The molecule has 3 heterocycles. The first-order chi connectivity index (χ1) is 17.9. The third-order valence-electron chi connectivity index (χ3n) is 7.02. The van der Waals surface area contributed by atoms with Crippen LogP contribution in [-0.4, -0.2) is 74.9 Å². The molecule has 4 aromatic rings. The maximum absolute atomic E-state index is 13.5. The van der Waals surface area contributed by atoms with Gasteiger partial charge in [0.2, 0.25) is 0 Å². The predicted molar refractivity (Wildman–Crippen MR) is 144 cm³/mol. The Hall–Kier alpha value is -3.11. The van der Waals surface area contributed by atoms with Gasteiger partial charge in [-0.05, 0) is 65.1 Å². The van der Waals surface area contributed by atoms with E-state index in [1.807, 2.05) is 25.1 Å². The van der Waals surface area contributed by atoms with Crippen LogP contribution in [-0.2, 0) is 17.8 Å². The van der Waals surface area contributed by atoms with E-state index in [1.54, 1.807) is 11.8 Å². The van der Waals surface area contributed by atoms with E-state index in [4.69, 9.17) is 16.3 Å². The molecule has 194 valence electrons. The van der Waals surface area contributed by atoms with E-state index < -0.39 is 0 Å². The fourth-order valence-electron chi connectivity index (χ4n) is 5.18. The molecule has 0 amide bonds. The Morgan fingerprint density at radius 1 is 1.08 bits per heavy atom. The fraction of sp³-hybridized carbons (Fsp3) is 0.407. The molecule has 0 radical (unpaired) electrons. The Balaban J connectivity index is 1.47. The zero-order valence-corrected chi connectivity index (χ0v) is 22.2. The molecule has 1 aliphatic heterocycles. The number of halogens is 1. The number of benzene rings is 2. The van der Waals surface area contributed by atoms with Crippen LogP contribution in [0.15, 0.2) is 47.3 Å². The number of ether oxygens (including phenoxy) is 1. The molecule has 5 rings (SSSR count). The lowest BCUT2D eigenvalue weighted by molar-refractivity contribution is 0.0984. The molecule has 9 nitrogen and oxygen atoms in total. The second kappa shape index (κ2) is 11.1. The standard InChI is InChI=1S/C27H32ClN7O2/c1-18-14-19(2)24-21(15-18)16-23(27(36)29-24)25(26-30-31-32-35(26)12-13-37-3)34-10-8-33(9-11-34)17-20-4-6-22(28)7-5-20/h4-7,14-16,25H,8-13,17H2,1-3H3,(H,29,36)/t25-/m1/s1. The number of hydrogen-bond acceptors (Lipinski definition) is 7. The minimum atomic E-state index is -0.376. The molecule has 10 heteroatoms. The molecule has 0 bridgehead atoms. The van der Waals surface area contributed by atoms with Crippen LogP contribution in [0, 0.1) is 13.8 Å². The summed E-state index contributed by atoms with van der Waals surface area (Å²) in [7, 11) is 1.65. The number of aromatic nitrogens is 5. The van der Waals surface area contributed by atoms with Gasteiger partial charge in [0.25, 0.3) is 5.56 Å². The van der Waals surface area contributed by atoms with Crippen molar-refractivity contribution in [2.45, 2.75) is 33.0 Å². The lowest BCUT2D eigenvalue weighted by atomic mass is 10.00. The maximum Gasteiger partial charge on any atom is 0.253 e. The van der Waals surface area contributed by atoms with Crippen molar-refractivity contribution in [3.05, 3.63) is 85.9 Å². The summed E-state index contributed by atoms with van der Waals surface area (Å²) in [6, 6.07) is 13.8. The number of rotatable bonds is 8. The van der Waals surface area contributed by atoms with E-state index in [1.165, 1.54) is 5.56 Å². The summed E-state index contributed by atoms with van der Waals surface area (Å²) in [6.45, 7) is 9.22. The number of fused-ring (bicyclic) bond motifs is 1. The molecule has 0 unspecified atom stereocenters. The number of methoxy groups -OCH3 is 1. The third-order valence-corrected chi connectivity index (χ3v) is 7.27. The number of piperazine rings is 1. The Bertz CT molecular complexity index is 1430. The van der Waals surface area contributed by atoms with Gasteiger partial charge in [0.15, 0.2) is 5.82 Å². The Morgan fingerprint density at radius 3 is 2.57 bits per heavy atom. The van der Waals surface area contributed by atoms with Gasteiger partial charge in [0, 0.05) is 50.4 Å². The van der Waals surface area contributed by atoms with Gasteiger partial charge in [0.1, 0.15) is 6.04 Å². The number of nitrogens with zero attached hydrogens (tertiary/aromatic N) is 6. The Kier molecular flexibility index (Phi) is 7.66. The summed E-state index contributed by atoms with van der Waals surface area (Å²) in [5.74, 6) is 0.650. The third kappa shape index (κ3) is 5.60. The van der Waals surface area contributed by atoms with Gasteiger partial charge in [-0.25, -0.2) is 4.68 Å². The summed E-state index contributed by atoms with van der Waals surface area (Å²) in [4.78, 5) is 21.4. The number of nitrogens with one attached hydrogen (secondary N) is 1. The van der Waals surface area contributed by atoms with E-state index in [9.17, 15) is 4.79 Å². The van der Waals surface area contributed by atoms with E-state index in [-0.39, 0.29) is 11.6 Å². The van der Waals surface area contributed by atoms with Crippen molar-refractivity contribution in [2.75, 3.05) is 39.9 Å². The van der Waals surface area contributed by atoms with Gasteiger partial charge in [-0.15, -0.1) is 5.10 Å². The lowest BCUT2D eigenvalue weighted by Gasteiger charge is -2.38. The van der Waals surface area contributed by atoms with Gasteiger partial charge in [0.05, 0.1) is 18.7 Å². The molecule has 2 aromatic heterocycles. The summed E-state index contributed by atoms with van der Waals surface area (Å²) in [5.41, 5.74) is 4.84. The highest BCUT2D eigenvalue weighted by Gasteiger charge is 2.32. The quantitative estimate of drug-likeness (QED) is 0.380. The van der Waals surface area contributed by atoms with Crippen LogP contribution in [0.4, 0.5) is 0 Å². The molecule has 1 N–H and O–H groups in total. The minimum absolute atomic E-state index is 0.116. The van der Waals surface area contributed by atoms with Gasteiger partial charge < -0.3 is 9.72 Å². The molecule has 0 spiro atoms. The molecule has 1 fully saturated rings.